The fourth-order valence-corrected chi connectivity index (χ4v) is 3.23. The summed E-state index contributed by atoms with van der Waals surface area (Å²) in [6.45, 7) is 2.01. The molecule has 5 heteroatoms. The molecule has 0 saturated heterocycles. The Balaban J connectivity index is 2.42. The molecule has 0 aliphatic carbocycles. The van der Waals surface area contributed by atoms with E-state index in [0.29, 0.717) is 28.4 Å². The molecule has 4 nitrogen and oxygen atoms in total. The van der Waals surface area contributed by atoms with Crippen LogP contribution in [0.15, 0.2) is 59.4 Å². The van der Waals surface area contributed by atoms with Crippen molar-refractivity contribution in [2.24, 2.45) is 0 Å². The normalized spacial score (nSPS) is 10.6. The molecule has 0 fully saturated rings. The van der Waals surface area contributed by atoms with Gasteiger partial charge >= 0.3 is 0 Å². The smallest absolute Gasteiger partial charge is 0.262 e. The monoisotopic (exact) mass is 378 g/mol. The van der Waals surface area contributed by atoms with E-state index in [-0.39, 0.29) is 22.4 Å². The number of nitrogens with zero attached hydrogens (tertiary/aromatic N) is 2. The zero-order valence-corrected chi connectivity index (χ0v) is 15.7. The molecule has 0 atom stereocenters. The molecule has 0 spiro atoms. The van der Waals surface area contributed by atoms with Gasteiger partial charge in [0.05, 0.1) is 11.3 Å². The second-order valence-corrected chi connectivity index (χ2v) is 6.69. The van der Waals surface area contributed by atoms with Gasteiger partial charge in [-0.2, -0.15) is 5.26 Å². The van der Waals surface area contributed by atoms with E-state index in [2.05, 4.69) is 6.07 Å². The summed E-state index contributed by atoms with van der Waals surface area (Å²) in [5.74, 6) is -0.222. The second-order valence-electron chi connectivity index (χ2n) is 6.25. The van der Waals surface area contributed by atoms with Gasteiger partial charge < -0.3 is 5.11 Å². The molecular weight excluding hydrogens is 360 g/mol. The maximum Gasteiger partial charge on any atom is 0.262 e. The SMILES string of the molecule is CCCCc1c(O)c(C#N)c(-c2ccccc2)n(-c2ccc(Cl)cc2)c1=O. The minimum Gasteiger partial charge on any atom is -0.506 e. The highest BCUT2D eigenvalue weighted by Crippen LogP contribution is 2.33. The van der Waals surface area contributed by atoms with Crippen LogP contribution in [0.5, 0.6) is 5.75 Å². The highest BCUT2D eigenvalue weighted by atomic mass is 35.5. The molecule has 0 radical (unpaired) electrons. The van der Waals surface area contributed by atoms with E-state index in [9.17, 15) is 15.2 Å². The Labute approximate surface area is 162 Å². The summed E-state index contributed by atoms with van der Waals surface area (Å²) in [6.07, 6.45) is 2.04. The highest BCUT2D eigenvalue weighted by molar-refractivity contribution is 6.30. The van der Waals surface area contributed by atoms with Gasteiger partial charge in [0.1, 0.15) is 17.4 Å². The number of pyridine rings is 1. The largest absolute Gasteiger partial charge is 0.506 e. The number of unbranched alkanes of at least 4 members (excludes halogenated alkanes) is 1. The minimum atomic E-state index is -0.318. The number of hydrogen-bond acceptors (Lipinski definition) is 3. The van der Waals surface area contributed by atoms with Gasteiger partial charge in [0.25, 0.3) is 5.56 Å². The standard InChI is InChI=1S/C22H19ClN2O2/c1-2-3-9-18-21(26)19(14-24)20(15-7-5-4-6-8-15)25(22(18)27)17-12-10-16(23)11-13-17/h4-8,10-13,26H,2-3,9H2,1H3. The van der Waals surface area contributed by atoms with Gasteiger partial charge in [0, 0.05) is 16.3 Å². The number of halogens is 1. The second kappa shape index (κ2) is 8.11. The van der Waals surface area contributed by atoms with Gasteiger partial charge in [-0.05, 0) is 37.1 Å². The van der Waals surface area contributed by atoms with Gasteiger partial charge in [0.2, 0.25) is 0 Å². The molecule has 0 aliphatic rings. The lowest BCUT2D eigenvalue weighted by Gasteiger charge is -2.18. The molecule has 1 aromatic heterocycles. The van der Waals surface area contributed by atoms with Crippen LogP contribution in [0.1, 0.15) is 30.9 Å². The van der Waals surface area contributed by atoms with Crippen molar-refractivity contribution in [1.82, 2.24) is 4.57 Å². The summed E-state index contributed by atoms with van der Waals surface area (Å²) < 4.78 is 1.49. The van der Waals surface area contributed by atoms with Crippen molar-refractivity contribution in [2.45, 2.75) is 26.2 Å². The molecule has 27 heavy (non-hydrogen) atoms. The molecular formula is C22H19ClN2O2. The molecule has 0 amide bonds. The van der Waals surface area contributed by atoms with Crippen molar-refractivity contribution >= 4 is 11.6 Å². The van der Waals surface area contributed by atoms with Crippen molar-refractivity contribution in [2.75, 3.05) is 0 Å². The van der Waals surface area contributed by atoms with E-state index in [1.54, 1.807) is 24.3 Å². The van der Waals surface area contributed by atoms with Gasteiger partial charge in [-0.15, -0.1) is 0 Å². The topological polar surface area (TPSA) is 66.0 Å². The maximum absolute atomic E-state index is 13.3. The minimum absolute atomic E-state index is 0.0989. The van der Waals surface area contributed by atoms with E-state index in [1.807, 2.05) is 37.3 Å². The Morgan fingerprint density at radius 3 is 2.37 bits per heavy atom. The Morgan fingerprint density at radius 1 is 1.11 bits per heavy atom. The lowest BCUT2D eigenvalue weighted by molar-refractivity contribution is 0.462. The van der Waals surface area contributed by atoms with E-state index in [1.165, 1.54) is 4.57 Å². The molecule has 3 aromatic rings. The Morgan fingerprint density at radius 2 is 1.78 bits per heavy atom. The number of benzene rings is 2. The maximum atomic E-state index is 13.3. The predicted octanol–water partition coefficient (Wildman–Crippen LogP) is 5.08. The molecule has 0 bridgehead atoms. The van der Waals surface area contributed by atoms with Crippen LogP contribution in [-0.2, 0) is 6.42 Å². The number of aromatic nitrogens is 1. The van der Waals surface area contributed by atoms with Crippen LogP contribution in [0.4, 0.5) is 0 Å². The third-order valence-electron chi connectivity index (χ3n) is 4.47. The quantitative estimate of drug-likeness (QED) is 0.673. The molecule has 1 heterocycles. The molecule has 0 saturated carbocycles. The van der Waals surface area contributed by atoms with Crippen LogP contribution in [0.3, 0.4) is 0 Å². The number of rotatable bonds is 5. The molecule has 3 rings (SSSR count). The van der Waals surface area contributed by atoms with Gasteiger partial charge in [-0.1, -0.05) is 55.3 Å². The van der Waals surface area contributed by atoms with Crippen LogP contribution in [0, 0.1) is 11.3 Å². The van der Waals surface area contributed by atoms with Crippen molar-refractivity contribution in [1.29, 1.82) is 5.26 Å². The zero-order chi connectivity index (χ0) is 19.4. The van der Waals surface area contributed by atoms with Crippen molar-refractivity contribution in [3.8, 4) is 28.8 Å². The highest BCUT2D eigenvalue weighted by Gasteiger charge is 2.23. The van der Waals surface area contributed by atoms with Crippen molar-refractivity contribution < 1.29 is 5.11 Å². The summed E-state index contributed by atoms with van der Waals surface area (Å²) >= 11 is 6.00. The van der Waals surface area contributed by atoms with Crippen molar-refractivity contribution in [3.05, 3.63) is 81.1 Å². The van der Waals surface area contributed by atoms with E-state index in [4.69, 9.17) is 11.6 Å². The molecule has 2 aromatic carbocycles. The molecule has 1 N–H and O–H groups in total. The lowest BCUT2D eigenvalue weighted by atomic mass is 9.99. The third kappa shape index (κ3) is 3.60. The number of hydrogen-bond donors (Lipinski definition) is 1. The van der Waals surface area contributed by atoms with Crippen LogP contribution >= 0.6 is 11.6 Å². The summed E-state index contributed by atoms with van der Waals surface area (Å²) in [4.78, 5) is 13.3. The van der Waals surface area contributed by atoms with Gasteiger partial charge in [-0.25, -0.2) is 0 Å². The summed E-state index contributed by atoms with van der Waals surface area (Å²) in [6, 6.07) is 18.1. The van der Waals surface area contributed by atoms with Crippen molar-refractivity contribution in [3.63, 3.8) is 0 Å². The van der Waals surface area contributed by atoms with Gasteiger partial charge in [-0.3, -0.25) is 9.36 Å². The van der Waals surface area contributed by atoms with Crippen LogP contribution < -0.4 is 5.56 Å². The van der Waals surface area contributed by atoms with E-state index < -0.39 is 0 Å². The average Bonchev–Trinajstić information content (AvgIpc) is 2.69. The summed E-state index contributed by atoms with van der Waals surface area (Å²) in [5, 5.41) is 21.0. The number of aromatic hydroxyl groups is 1. The number of nitriles is 1. The molecule has 0 unspecified atom stereocenters. The first-order chi connectivity index (χ1) is 13.1. The molecule has 136 valence electrons. The first kappa shape index (κ1) is 18.8. The van der Waals surface area contributed by atoms with Crippen LogP contribution in [0.2, 0.25) is 5.02 Å². The first-order valence-corrected chi connectivity index (χ1v) is 9.18. The Kier molecular flexibility index (Phi) is 5.63. The fraction of sp³-hybridized carbons (Fsp3) is 0.182. The summed E-state index contributed by atoms with van der Waals surface area (Å²) in [5.41, 5.74) is 1.70. The van der Waals surface area contributed by atoms with Crippen LogP contribution in [-0.4, -0.2) is 9.67 Å². The first-order valence-electron chi connectivity index (χ1n) is 8.80. The summed E-state index contributed by atoms with van der Waals surface area (Å²) in [7, 11) is 0. The zero-order valence-electron chi connectivity index (χ0n) is 14.9. The van der Waals surface area contributed by atoms with Crippen LogP contribution in [0.25, 0.3) is 16.9 Å². The van der Waals surface area contributed by atoms with Gasteiger partial charge in [0.15, 0.2) is 0 Å². The third-order valence-corrected chi connectivity index (χ3v) is 4.72. The lowest BCUT2D eigenvalue weighted by Crippen LogP contribution is -2.25. The molecule has 0 aliphatic heterocycles. The predicted molar refractivity (Wildman–Crippen MR) is 107 cm³/mol. The Bertz CT molecular complexity index is 1050. The Hall–Kier alpha value is -3.03. The van der Waals surface area contributed by atoms with E-state index >= 15 is 0 Å². The van der Waals surface area contributed by atoms with E-state index in [0.717, 1.165) is 12.8 Å². The average molecular weight is 379 g/mol. The fourth-order valence-electron chi connectivity index (χ4n) is 3.10.